The molecule has 0 aromatic heterocycles. The Hall–Kier alpha value is -1.25. The maximum Gasteiger partial charge on any atom is 0.172 e. The number of rotatable bonds is 3. The van der Waals surface area contributed by atoms with E-state index in [1.54, 1.807) is 7.11 Å². The smallest absolute Gasteiger partial charge is 0.172 e. The zero-order valence-corrected chi connectivity index (χ0v) is 30.2. The molecule has 9 unspecified atom stereocenters. The summed E-state index contributed by atoms with van der Waals surface area (Å²) in [5.74, 6) is -0.359. The normalized spacial score (nSPS) is 55.1. The number of fused-ring (bicyclic) bond motifs is 6. The summed E-state index contributed by atoms with van der Waals surface area (Å²) in [6.45, 7) is 12.0. The summed E-state index contributed by atoms with van der Waals surface area (Å²) in [5, 5.41) is 0. The second-order valence-corrected chi connectivity index (χ2v) is 17.5. The Morgan fingerprint density at radius 3 is 2.35 bits per heavy atom. The molecule has 0 saturated carbocycles. The Kier molecular flexibility index (Phi) is 8.87. The summed E-state index contributed by atoms with van der Waals surface area (Å²) >= 11 is 0. The molecule has 11 fully saturated rings. The average molecular weight is 713 g/mol. The van der Waals surface area contributed by atoms with Crippen molar-refractivity contribution < 1.29 is 52.2 Å². The molecule has 51 heavy (non-hydrogen) atoms. The highest BCUT2D eigenvalue weighted by Crippen LogP contribution is 2.54. The van der Waals surface area contributed by atoms with E-state index in [0.717, 1.165) is 75.5 Å². The van der Waals surface area contributed by atoms with Crippen molar-refractivity contribution in [1.82, 2.24) is 0 Å². The lowest BCUT2D eigenvalue weighted by Gasteiger charge is -2.47. The number of ether oxygens (including phenoxy) is 10. The molecule has 0 radical (unpaired) electrons. The largest absolute Gasteiger partial charge is 0.378 e. The van der Waals surface area contributed by atoms with Gasteiger partial charge in [-0.25, -0.2) is 0 Å². The number of ketones is 1. The van der Waals surface area contributed by atoms with Gasteiger partial charge in [0.25, 0.3) is 0 Å². The number of Topliss-reactive ketones (excluding diaryl/α,β-unsaturated/α-hetero) is 1. The maximum atomic E-state index is 14.1. The van der Waals surface area contributed by atoms with Gasteiger partial charge in [0.15, 0.2) is 5.79 Å². The fraction of sp³-hybridized carbons (Fsp3) is 0.875. The highest BCUT2D eigenvalue weighted by molar-refractivity contribution is 5.79. The van der Waals surface area contributed by atoms with Crippen molar-refractivity contribution in [3.63, 3.8) is 0 Å². The van der Waals surface area contributed by atoms with Crippen LogP contribution in [-0.2, 0) is 52.2 Å². The van der Waals surface area contributed by atoms with Crippen LogP contribution in [0.3, 0.4) is 0 Å². The molecule has 11 heterocycles. The first-order chi connectivity index (χ1) is 24.7. The van der Waals surface area contributed by atoms with Crippen LogP contribution in [0.15, 0.2) is 24.3 Å². The molecule has 0 aliphatic carbocycles. The van der Waals surface area contributed by atoms with E-state index < -0.39 is 5.79 Å². The van der Waals surface area contributed by atoms with Crippen molar-refractivity contribution in [2.45, 2.75) is 194 Å². The second-order valence-electron chi connectivity index (χ2n) is 17.5. The summed E-state index contributed by atoms with van der Waals surface area (Å²) < 4.78 is 65.9. The number of carbonyl (C=O) groups excluding carboxylic acids is 1. The monoisotopic (exact) mass is 712 g/mol. The lowest BCUT2D eigenvalue weighted by molar-refractivity contribution is -0.292. The van der Waals surface area contributed by atoms with Crippen molar-refractivity contribution in [3.8, 4) is 0 Å². The molecule has 0 aromatic rings. The van der Waals surface area contributed by atoms with Crippen molar-refractivity contribution in [1.29, 1.82) is 0 Å². The molecule has 0 N–H and O–H groups in total. The molecule has 0 amide bonds. The highest BCUT2D eigenvalue weighted by Gasteiger charge is 2.68. The molecule has 12 bridgehead atoms. The maximum absolute atomic E-state index is 14.1. The van der Waals surface area contributed by atoms with E-state index in [4.69, 9.17) is 47.4 Å². The van der Waals surface area contributed by atoms with Crippen LogP contribution in [0.5, 0.6) is 0 Å². The molecule has 282 valence electrons. The van der Waals surface area contributed by atoms with Crippen molar-refractivity contribution in [2.75, 3.05) is 13.7 Å². The number of hydrogen-bond acceptors (Lipinski definition) is 11. The predicted octanol–water partition coefficient (Wildman–Crippen LogP) is 4.52. The minimum atomic E-state index is -0.758. The van der Waals surface area contributed by atoms with Gasteiger partial charge in [-0.05, 0) is 62.0 Å². The standard InChI is InChI=1S/C40H56O11/c1-19-11-23-5-7-28-20(2)12-25(44-28)9-10-40-17-33-36(50-40)37-38(49-33)39(51-40)35-29(48-37)8-6-24(46-35)13-22(41)14-27-31(16-30(45-23)21(19)3)47-32(34(27)42-4)15-26-18-43-26/h19,23-39H,2-3,5-18H2,1,4H3/t19-,23?,24?,25?,26+,27?,28+,29?,30?,31+,32-,33-,34-,35+,36?,37+,38?,39?,40+/m1/s1. The molecule has 11 heteroatoms. The molecule has 11 saturated heterocycles. The third-order valence-electron chi connectivity index (χ3n) is 14.1. The molecular formula is C40H56O11. The quantitative estimate of drug-likeness (QED) is 0.304. The number of carbonyl (C=O) groups is 1. The second kappa shape index (κ2) is 13.2. The number of epoxide rings is 1. The summed E-state index contributed by atoms with van der Waals surface area (Å²) in [6, 6.07) is 0. The fourth-order valence-corrected chi connectivity index (χ4v) is 11.4. The Bertz CT molecular complexity index is 1380. The average Bonchev–Trinajstić information content (AvgIpc) is 3.56. The molecule has 0 aromatic carbocycles. The van der Waals surface area contributed by atoms with Crippen LogP contribution in [0, 0.1) is 11.8 Å². The molecule has 19 atom stereocenters. The molecule has 11 aliphatic heterocycles. The van der Waals surface area contributed by atoms with E-state index in [9.17, 15) is 4.79 Å². The van der Waals surface area contributed by atoms with Gasteiger partial charge in [-0.15, -0.1) is 0 Å². The van der Waals surface area contributed by atoms with Crippen molar-refractivity contribution >= 4 is 5.78 Å². The van der Waals surface area contributed by atoms with Crippen LogP contribution in [0.1, 0.15) is 90.4 Å². The molecular weight excluding hydrogens is 656 g/mol. The Labute approximate surface area is 301 Å². The summed E-state index contributed by atoms with van der Waals surface area (Å²) in [7, 11) is 1.74. The zero-order valence-electron chi connectivity index (χ0n) is 30.2. The Morgan fingerprint density at radius 2 is 1.51 bits per heavy atom. The van der Waals surface area contributed by atoms with E-state index >= 15 is 0 Å². The van der Waals surface area contributed by atoms with E-state index in [1.807, 2.05) is 0 Å². The van der Waals surface area contributed by atoms with Gasteiger partial charge in [0.2, 0.25) is 0 Å². The Balaban J connectivity index is 0.931. The van der Waals surface area contributed by atoms with Crippen LogP contribution >= 0.6 is 0 Å². The third-order valence-corrected chi connectivity index (χ3v) is 14.1. The van der Waals surface area contributed by atoms with E-state index in [0.29, 0.717) is 31.6 Å². The van der Waals surface area contributed by atoms with E-state index in [-0.39, 0.29) is 109 Å². The minimum Gasteiger partial charge on any atom is -0.378 e. The van der Waals surface area contributed by atoms with Gasteiger partial charge in [0.1, 0.15) is 36.3 Å². The van der Waals surface area contributed by atoms with Gasteiger partial charge in [0, 0.05) is 51.6 Å². The topological polar surface area (TPSA) is 113 Å². The molecule has 11 nitrogen and oxygen atoms in total. The predicted molar refractivity (Wildman–Crippen MR) is 181 cm³/mol. The van der Waals surface area contributed by atoms with Gasteiger partial charge in [-0.3, -0.25) is 4.79 Å². The first-order valence-corrected chi connectivity index (χ1v) is 20.0. The van der Waals surface area contributed by atoms with Crippen LogP contribution in [0.25, 0.3) is 0 Å². The molecule has 1 spiro atoms. The summed E-state index contributed by atoms with van der Waals surface area (Å²) in [5.41, 5.74) is 2.28. The first-order valence-electron chi connectivity index (χ1n) is 20.0. The van der Waals surface area contributed by atoms with Gasteiger partial charge >= 0.3 is 0 Å². The zero-order chi connectivity index (χ0) is 34.6. The van der Waals surface area contributed by atoms with Crippen molar-refractivity contribution in [3.05, 3.63) is 24.3 Å². The third kappa shape index (κ3) is 6.23. The fourth-order valence-electron chi connectivity index (χ4n) is 11.4. The SMILES string of the molecule is C=C1C2C[C@@H]3O[C@H](C[C@H]4CO4)[C@H](OC)C3CC(=O)CC3CCC4O[C@@H]5C6O[C@@H]7C[C@](CCC8CC(=C)[C@H](CCC(C[C@H]1C)O2)O8)(OC6[C@H]4O3)OC57. The van der Waals surface area contributed by atoms with Crippen LogP contribution in [-0.4, -0.2) is 123 Å². The van der Waals surface area contributed by atoms with Crippen LogP contribution < -0.4 is 0 Å². The lowest BCUT2D eigenvalue weighted by atomic mass is 9.81. The minimum absolute atomic E-state index is 0.0126. The van der Waals surface area contributed by atoms with Gasteiger partial charge in [0.05, 0.1) is 73.8 Å². The highest BCUT2D eigenvalue weighted by atomic mass is 16.8. The van der Waals surface area contributed by atoms with E-state index in [2.05, 4.69) is 20.1 Å². The summed E-state index contributed by atoms with van der Waals surface area (Å²) in [4.78, 5) is 14.1. The number of methoxy groups -OCH3 is 1. The molecule has 11 aliphatic rings. The van der Waals surface area contributed by atoms with E-state index in [1.165, 1.54) is 0 Å². The lowest BCUT2D eigenvalue weighted by Crippen LogP contribution is -2.61. The van der Waals surface area contributed by atoms with Gasteiger partial charge in [-0.2, -0.15) is 0 Å². The Morgan fingerprint density at radius 1 is 0.745 bits per heavy atom. The number of hydrogen-bond donors (Lipinski definition) is 0. The van der Waals surface area contributed by atoms with Gasteiger partial charge in [-0.1, -0.05) is 20.1 Å². The van der Waals surface area contributed by atoms with Gasteiger partial charge < -0.3 is 47.4 Å². The van der Waals surface area contributed by atoms with Crippen LogP contribution in [0.4, 0.5) is 0 Å². The van der Waals surface area contributed by atoms with Crippen LogP contribution in [0.2, 0.25) is 0 Å². The van der Waals surface area contributed by atoms with Crippen molar-refractivity contribution in [2.24, 2.45) is 11.8 Å². The summed E-state index contributed by atoms with van der Waals surface area (Å²) in [6.07, 6.45) is 7.65. The molecule has 11 rings (SSSR count). The first kappa shape index (κ1) is 34.3.